The van der Waals surface area contributed by atoms with E-state index in [0.717, 1.165) is 22.4 Å². The number of fused-ring (bicyclic) bond motifs is 1. The molecule has 2 unspecified atom stereocenters. The highest BCUT2D eigenvalue weighted by Gasteiger charge is 2.34. The molecule has 0 aliphatic carbocycles. The van der Waals surface area contributed by atoms with Gasteiger partial charge in [0.15, 0.2) is 5.15 Å². The monoisotopic (exact) mass is 540 g/mol. The van der Waals surface area contributed by atoms with Crippen LogP contribution in [0.2, 0.25) is 0 Å². The molecule has 1 aromatic carbocycles. The first-order chi connectivity index (χ1) is 17.2. The van der Waals surface area contributed by atoms with Crippen molar-refractivity contribution in [1.29, 1.82) is 0 Å². The maximum Gasteiger partial charge on any atom is 0.246 e. The molecule has 3 heterocycles. The summed E-state index contributed by atoms with van der Waals surface area (Å²) >= 11 is 1.72. The zero-order chi connectivity index (χ0) is 26.0. The standard InChI is InChI=1S/C27H31FN4OP2S/c1-5-18(29-7-3)13-32-15-23(26(30-32)27(28,34)35)20-11-9-8-10-19(20)22-14-31(25(33)6-2)16-24-21(22)12-17(4)36-24/h5-12,15,22H,2,13-14,16,34-35H2,1,3-4H3/b18-5-,29-7?/t22-/m0/s1. The molecule has 0 saturated carbocycles. The first-order valence-corrected chi connectivity index (χ1v) is 13.7. The summed E-state index contributed by atoms with van der Waals surface area (Å²) in [6, 6.07) is 10.3. The maximum atomic E-state index is 15.4. The van der Waals surface area contributed by atoms with Crippen LogP contribution in [0, 0.1) is 6.92 Å². The molecule has 0 saturated heterocycles. The van der Waals surface area contributed by atoms with Crippen molar-refractivity contribution in [2.75, 3.05) is 6.54 Å². The molecule has 5 nitrogen and oxygen atoms in total. The van der Waals surface area contributed by atoms with Gasteiger partial charge >= 0.3 is 0 Å². The van der Waals surface area contributed by atoms with Crippen LogP contribution in [0.3, 0.4) is 0 Å². The summed E-state index contributed by atoms with van der Waals surface area (Å²) in [5.41, 5.74) is 5.04. The van der Waals surface area contributed by atoms with Gasteiger partial charge in [0.25, 0.3) is 0 Å². The molecule has 0 bridgehead atoms. The SMILES string of the molecule is C=CC(=O)N1Cc2sc(C)cc2[C@H](c2ccccc2-c2cn(C/C(=C/C)N=CC)nc2C(F)(P)P)C1. The molecule has 2 aromatic heterocycles. The summed E-state index contributed by atoms with van der Waals surface area (Å²) in [5.74, 6) is -0.135. The molecule has 3 aromatic rings. The molecule has 0 fully saturated rings. The average molecular weight is 541 g/mol. The van der Waals surface area contributed by atoms with Gasteiger partial charge in [0, 0.05) is 40.2 Å². The number of alkyl halides is 1. The molecule has 1 aliphatic heterocycles. The average Bonchev–Trinajstić information content (AvgIpc) is 3.45. The number of carbonyl (C=O) groups excluding carboxylic acids is 1. The van der Waals surface area contributed by atoms with Crippen molar-refractivity contribution in [3.05, 3.63) is 87.5 Å². The Balaban J connectivity index is 1.86. The van der Waals surface area contributed by atoms with Crippen LogP contribution in [0.15, 0.2) is 65.9 Å². The highest BCUT2D eigenvalue weighted by atomic mass is 32.1. The van der Waals surface area contributed by atoms with Crippen LogP contribution in [-0.4, -0.2) is 33.3 Å². The number of nitrogens with zero attached hydrogens (tertiary/aromatic N) is 4. The molecule has 3 atom stereocenters. The van der Waals surface area contributed by atoms with E-state index in [4.69, 9.17) is 0 Å². The van der Waals surface area contributed by atoms with Gasteiger partial charge in [0.2, 0.25) is 5.91 Å². The highest BCUT2D eigenvalue weighted by molar-refractivity contribution is 7.38. The molecule has 0 radical (unpaired) electrons. The van der Waals surface area contributed by atoms with Crippen molar-refractivity contribution in [3.63, 3.8) is 0 Å². The van der Waals surface area contributed by atoms with Crippen LogP contribution in [0.4, 0.5) is 4.39 Å². The largest absolute Gasteiger partial charge is 0.333 e. The van der Waals surface area contributed by atoms with Gasteiger partial charge in [0.05, 0.1) is 18.8 Å². The minimum absolute atomic E-state index is 0.0474. The molecule has 4 rings (SSSR count). The Labute approximate surface area is 220 Å². The fourth-order valence-electron chi connectivity index (χ4n) is 4.69. The van der Waals surface area contributed by atoms with E-state index < -0.39 is 5.15 Å². The molecule has 0 N–H and O–H groups in total. The summed E-state index contributed by atoms with van der Waals surface area (Å²) in [6.07, 6.45) is 6.92. The van der Waals surface area contributed by atoms with E-state index >= 15 is 4.39 Å². The summed E-state index contributed by atoms with van der Waals surface area (Å²) in [4.78, 5) is 21.2. The fraction of sp³-hybridized carbons (Fsp3) is 0.296. The van der Waals surface area contributed by atoms with Crippen molar-refractivity contribution < 1.29 is 9.18 Å². The van der Waals surface area contributed by atoms with Crippen LogP contribution in [0.25, 0.3) is 11.1 Å². The number of benzene rings is 1. The van der Waals surface area contributed by atoms with Gasteiger partial charge in [-0.25, -0.2) is 4.39 Å². The number of carbonyl (C=O) groups is 1. The minimum Gasteiger partial charge on any atom is -0.333 e. The van der Waals surface area contributed by atoms with E-state index in [1.165, 1.54) is 21.4 Å². The zero-order valence-electron chi connectivity index (χ0n) is 20.7. The molecule has 0 spiro atoms. The van der Waals surface area contributed by atoms with Crippen LogP contribution in [-0.2, 0) is 23.0 Å². The minimum atomic E-state index is -1.81. The number of allylic oxidation sites excluding steroid dienone is 2. The summed E-state index contributed by atoms with van der Waals surface area (Å²) in [7, 11) is 4.48. The molecular weight excluding hydrogens is 509 g/mol. The van der Waals surface area contributed by atoms with Crippen molar-refractivity contribution in [1.82, 2.24) is 14.7 Å². The molecule has 1 amide bonds. The van der Waals surface area contributed by atoms with E-state index in [2.05, 4.69) is 54.2 Å². The Bertz CT molecular complexity index is 1350. The second kappa shape index (κ2) is 10.9. The molecule has 36 heavy (non-hydrogen) atoms. The fourth-order valence-corrected chi connectivity index (χ4v) is 6.23. The Morgan fingerprint density at radius 3 is 2.72 bits per heavy atom. The first kappa shape index (κ1) is 26.6. The number of thiophene rings is 1. The molecule has 1 aliphatic rings. The van der Waals surface area contributed by atoms with E-state index in [-0.39, 0.29) is 11.8 Å². The van der Waals surface area contributed by atoms with E-state index in [0.29, 0.717) is 25.3 Å². The number of hydrogen-bond acceptors (Lipinski definition) is 4. The Morgan fingerprint density at radius 1 is 1.31 bits per heavy atom. The lowest BCUT2D eigenvalue weighted by molar-refractivity contribution is -0.127. The van der Waals surface area contributed by atoms with Crippen LogP contribution < -0.4 is 0 Å². The lowest BCUT2D eigenvalue weighted by Crippen LogP contribution is -2.37. The van der Waals surface area contributed by atoms with Crippen LogP contribution in [0.5, 0.6) is 0 Å². The normalized spacial score (nSPS) is 16.4. The van der Waals surface area contributed by atoms with Crippen molar-refractivity contribution in [2.45, 2.75) is 44.9 Å². The van der Waals surface area contributed by atoms with Crippen LogP contribution >= 0.6 is 29.8 Å². The zero-order valence-corrected chi connectivity index (χ0v) is 23.9. The van der Waals surface area contributed by atoms with Gasteiger partial charge in [-0.1, -0.05) is 55.4 Å². The molecular formula is C27H31FN4OP2S. The molecule has 188 valence electrons. The number of rotatable bonds is 7. The number of hydrogen-bond donors (Lipinski definition) is 0. The third-order valence-electron chi connectivity index (χ3n) is 6.27. The van der Waals surface area contributed by atoms with E-state index in [1.54, 1.807) is 22.2 Å². The van der Waals surface area contributed by atoms with Gasteiger partial charge in [-0.15, -0.1) is 11.3 Å². The second-order valence-corrected chi connectivity index (χ2v) is 12.5. The topological polar surface area (TPSA) is 50.5 Å². The third kappa shape index (κ3) is 5.44. The lowest BCUT2D eigenvalue weighted by atomic mass is 9.83. The predicted octanol–water partition coefficient (Wildman–Crippen LogP) is 6.40. The smallest absolute Gasteiger partial charge is 0.246 e. The van der Waals surface area contributed by atoms with Crippen molar-refractivity contribution >= 4 is 41.9 Å². The van der Waals surface area contributed by atoms with Gasteiger partial charge < -0.3 is 4.90 Å². The Morgan fingerprint density at radius 2 is 2.06 bits per heavy atom. The van der Waals surface area contributed by atoms with E-state index in [1.807, 2.05) is 49.2 Å². The van der Waals surface area contributed by atoms with Gasteiger partial charge in [-0.2, -0.15) is 5.10 Å². The molecule has 9 heteroatoms. The van der Waals surface area contributed by atoms with Gasteiger partial charge in [0.1, 0.15) is 5.69 Å². The number of aryl methyl sites for hydroxylation is 1. The first-order valence-electron chi connectivity index (χ1n) is 11.7. The second-order valence-electron chi connectivity index (χ2n) is 8.82. The number of aliphatic imine (C=N–C) groups is 1. The number of halogens is 1. The Hall–Kier alpha value is -2.46. The van der Waals surface area contributed by atoms with Gasteiger partial charge in [-0.3, -0.25) is 14.5 Å². The van der Waals surface area contributed by atoms with E-state index in [9.17, 15) is 4.79 Å². The summed E-state index contributed by atoms with van der Waals surface area (Å²) < 4.78 is 17.2. The maximum absolute atomic E-state index is 15.4. The lowest BCUT2D eigenvalue weighted by Gasteiger charge is -2.33. The highest BCUT2D eigenvalue weighted by Crippen LogP contribution is 2.47. The van der Waals surface area contributed by atoms with Gasteiger partial charge in [-0.05, 0) is 49.6 Å². The van der Waals surface area contributed by atoms with Crippen molar-refractivity contribution in [2.24, 2.45) is 4.99 Å². The third-order valence-corrected chi connectivity index (χ3v) is 7.87. The Kier molecular flexibility index (Phi) is 8.04. The van der Waals surface area contributed by atoms with Crippen LogP contribution in [0.1, 0.15) is 46.3 Å². The summed E-state index contributed by atoms with van der Waals surface area (Å²) in [5, 5.41) is 2.82. The number of aromatic nitrogens is 2. The number of amides is 1. The predicted molar refractivity (Wildman–Crippen MR) is 154 cm³/mol. The van der Waals surface area contributed by atoms with Crippen molar-refractivity contribution in [3.8, 4) is 11.1 Å². The quantitative estimate of drug-likeness (QED) is 0.198. The summed E-state index contributed by atoms with van der Waals surface area (Å²) in [6.45, 7) is 11.1.